The highest BCUT2D eigenvalue weighted by atomic mass is 16.5. The number of methoxy groups -OCH3 is 1. The van der Waals surface area contributed by atoms with E-state index >= 15 is 0 Å². The third kappa shape index (κ3) is 1.58. The van der Waals surface area contributed by atoms with Gasteiger partial charge in [0, 0.05) is 32.3 Å². The van der Waals surface area contributed by atoms with Gasteiger partial charge in [0.15, 0.2) is 0 Å². The van der Waals surface area contributed by atoms with Gasteiger partial charge in [-0.05, 0) is 32.2 Å². The molecular formula is C11H22N2O. The van der Waals surface area contributed by atoms with Gasteiger partial charge in [0.25, 0.3) is 0 Å². The van der Waals surface area contributed by atoms with Crippen LogP contribution in [-0.4, -0.2) is 50.3 Å². The Bertz CT molecular complexity index is 205. The van der Waals surface area contributed by atoms with Crippen LogP contribution in [0.15, 0.2) is 0 Å². The van der Waals surface area contributed by atoms with Crippen LogP contribution < -0.4 is 5.32 Å². The highest BCUT2D eigenvalue weighted by Crippen LogP contribution is 2.40. The second kappa shape index (κ2) is 3.80. The van der Waals surface area contributed by atoms with E-state index in [1.165, 1.54) is 19.6 Å². The minimum atomic E-state index is 0.354. The Labute approximate surface area is 86.8 Å². The smallest absolute Gasteiger partial charge is 0.0589 e. The molecule has 2 heterocycles. The van der Waals surface area contributed by atoms with Crippen LogP contribution in [0.25, 0.3) is 0 Å². The molecule has 0 saturated carbocycles. The Hall–Kier alpha value is -0.120. The summed E-state index contributed by atoms with van der Waals surface area (Å²) >= 11 is 0. The molecule has 2 rings (SSSR count). The van der Waals surface area contributed by atoms with E-state index in [0.717, 1.165) is 25.0 Å². The van der Waals surface area contributed by atoms with E-state index in [0.29, 0.717) is 5.54 Å². The maximum absolute atomic E-state index is 5.16. The number of rotatable bonds is 3. The van der Waals surface area contributed by atoms with Crippen LogP contribution >= 0.6 is 0 Å². The molecule has 0 aromatic carbocycles. The van der Waals surface area contributed by atoms with Crippen molar-refractivity contribution in [3.8, 4) is 0 Å². The molecule has 2 saturated heterocycles. The highest BCUT2D eigenvalue weighted by molar-refractivity contribution is 5.04. The van der Waals surface area contributed by atoms with Crippen LogP contribution in [0.2, 0.25) is 0 Å². The number of hydrogen-bond acceptors (Lipinski definition) is 3. The summed E-state index contributed by atoms with van der Waals surface area (Å²) in [6.45, 7) is 10.3. The van der Waals surface area contributed by atoms with Gasteiger partial charge < -0.3 is 10.1 Å². The van der Waals surface area contributed by atoms with Crippen molar-refractivity contribution in [3.05, 3.63) is 0 Å². The van der Waals surface area contributed by atoms with Gasteiger partial charge >= 0.3 is 0 Å². The predicted molar refractivity (Wildman–Crippen MR) is 57.4 cm³/mol. The molecule has 3 heteroatoms. The summed E-state index contributed by atoms with van der Waals surface area (Å²) in [6, 6.07) is 0. The van der Waals surface area contributed by atoms with Gasteiger partial charge in [-0.2, -0.15) is 0 Å². The topological polar surface area (TPSA) is 24.5 Å². The van der Waals surface area contributed by atoms with Gasteiger partial charge in [-0.15, -0.1) is 0 Å². The summed E-state index contributed by atoms with van der Waals surface area (Å²) in [4.78, 5) is 2.59. The first-order chi connectivity index (χ1) is 6.66. The standard InChI is InChI=1S/C11H22N2O/c1-11(2)10-7-12-6-9(10)8-13(11)4-5-14-3/h9-10,12H,4-8H2,1-3H3. The summed E-state index contributed by atoms with van der Waals surface area (Å²) in [6.07, 6.45) is 0. The molecule has 3 nitrogen and oxygen atoms in total. The average molecular weight is 198 g/mol. The lowest BCUT2D eigenvalue weighted by atomic mass is 9.85. The molecule has 2 aliphatic heterocycles. The molecule has 0 spiro atoms. The fourth-order valence-corrected chi connectivity index (χ4v) is 3.09. The van der Waals surface area contributed by atoms with Gasteiger partial charge in [0.1, 0.15) is 0 Å². The first-order valence-electron chi connectivity index (χ1n) is 5.61. The molecule has 2 atom stereocenters. The summed E-state index contributed by atoms with van der Waals surface area (Å²) < 4.78 is 5.16. The molecule has 1 N–H and O–H groups in total. The van der Waals surface area contributed by atoms with Gasteiger partial charge in [0.2, 0.25) is 0 Å². The van der Waals surface area contributed by atoms with Crippen LogP contribution in [0.4, 0.5) is 0 Å². The van der Waals surface area contributed by atoms with Crippen molar-refractivity contribution in [2.24, 2.45) is 11.8 Å². The quantitative estimate of drug-likeness (QED) is 0.717. The van der Waals surface area contributed by atoms with Crippen LogP contribution in [0.3, 0.4) is 0 Å². The second-order valence-electron chi connectivity index (χ2n) is 5.12. The Balaban J connectivity index is 2.00. The second-order valence-corrected chi connectivity index (χ2v) is 5.12. The van der Waals surface area contributed by atoms with E-state index in [4.69, 9.17) is 4.74 Å². The van der Waals surface area contributed by atoms with Crippen LogP contribution in [0.1, 0.15) is 13.8 Å². The fourth-order valence-electron chi connectivity index (χ4n) is 3.09. The highest BCUT2D eigenvalue weighted by Gasteiger charge is 2.48. The van der Waals surface area contributed by atoms with Crippen molar-refractivity contribution in [1.29, 1.82) is 0 Å². The Morgan fingerprint density at radius 3 is 2.86 bits per heavy atom. The predicted octanol–water partition coefficient (Wildman–Crippen LogP) is 0.563. The molecule has 0 aliphatic carbocycles. The number of ether oxygens (including phenoxy) is 1. The SMILES string of the molecule is COCCN1CC2CNCC2C1(C)C. The lowest BCUT2D eigenvalue weighted by Gasteiger charge is -2.35. The minimum absolute atomic E-state index is 0.354. The molecule has 2 fully saturated rings. The monoisotopic (exact) mass is 198 g/mol. The third-order valence-electron chi connectivity index (χ3n) is 4.08. The summed E-state index contributed by atoms with van der Waals surface area (Å²) in [7, 11) is 1.78. The molecule has 82 valence electrons. The summed E-state index contributed by atoms with van der Waals surface area (Å²) in [5.74, 6) is 1.70. The van der Waals surface area contributed by atoms with Crippen molar-refractivity contribution in [2.75, 3.05) is 39.9 Å². The molecule has 0 aromatic heterocycles. The van der Waals surface area contributed by atoms with E-state index in [1.807, 2.05) is 0 Å². The zero-order valence-corrected chi connectivity index (χ0v) is 9.55. The van der Waals surface area contributed by atoms with Gasteiger partial charge in [-0.1, -0.05) is 0 Å². The van der Waals surface area contributed by atoms with Crippen LogP contribution in [0, 0.1) is 11.8 Å². The lowest BCUT2D eigenvalue weighted by molar-refractivity contribution is 0.0921. The molecule has 2 unspecified atom stereocenters. The minimum Gasteiger partial charge on any atom is -0.383 e. The van der Waals surface area contributed by atoms with Crippen molar-refractivity contribution >= 4 is 0 Å². The maximum Gasteiger partial charge on any atom is 0.0589 e. The van der Waals surface area contributed by atoms with Crippen LogP contribution in [0.5, 0.6) is 0 Å². The number of hydrogen-bond donors (Lipinski definition) is 1. The van der Waals surface area contributed by atoms with E-state index in [1.54, 1.807) is 7.11 Å². The Morgan fingerprint density at radius 1 is 1.43 bits per heavy atom. The van der Waals surface area contributed by atoms with Gasteiger partial charge in [0.05, 0.1) is 6.61 Å². The molecular weight excluding hydrogens is 176 g/mol. The molecule has 14 heavy (non-hydrogen) atoms. The number of nitrogens with one attached hydrogen (secondary N) is 1. The van der Waals surface area contributed by atoms with E-state index in [-0.39, 0.29) is 0 Å². The van der Waals surface area contributed by atoms with Gasteiger partial charge in [-0.25, -0.2) is 0 Å². The first-order valence-corrected chi connectivity index (χ1v) is 5.61. The Morgan fingerprint density at radius 2 is 2.21 bits per heavy atom. The van der Waals surface area contributed by atoms with Crippen LogP contribution in [-0.2, 0) is 4.74 Å². The largest absolute Gasteiger partial charge is 0.383 e. The zero-order valence-electron chi connectivity index (χ0n) is 9.55. The molecule has 2 aliphatic rings. The molecule has 0 amide bonds. The summed E-state index contributed by atoms with van der Waals surface area (Å²) in [5, 5.41) is 3.50. The lowest BCUT2D eigenvalue weighted by Crippen LogP contribution is -2.45. The molecule has 0 aromatic rings. The normalized spacial score (nSPS) is 36.2. The molecule has 0 bridgehead atoms. The summed E-state index contributed by atoms with van der Waals surface area (Å²) in [5.41, 5.74) is 0.354. The zero-order chi connectivity index (χ0) is 10.2. The average Bonchev–Trinajstić information content (AvgIpc) is 2.66. The van der Waals surface area contributed by atoms with E-state index in [2.05, 4.69) is 24.1 Å². The van der Waals surface area contributed by atoms with Crippen molar-refractivity contribution in [3.63, 3.8) is 0 Å². The van der Waals surface area contributed by atoms with Gasteiger partial charge in [-0.3, -0.25) is 4.90 Å². The fraction of sp³-hybridized carbons (Fsp3) is 1.00. The van der Waals surface area contributed by atoms with E-state index < -0.39 is 0 Å². The van der Waals surface area contributed by atoms with E-state index in [9.17, 15) is 0 Å². The molecule has 0 radical (unpaired) electrons. The van der Waals surface area contributed by atoms with Crippen molar-refractivity contribution in [2.45, 2.75) is 19.4 Å². The Kier molecular flexibility index (Phi) is 2.82. The third-order valence-corrected chi connectivity index (χ3v) is 4.08. The number of fused-ring (bicyclic) bond motifs is 1. The number of likely N-dealkylation sites (tertiary alicyclic amines) is 1. The maximum atomic E-state index is 5.16. The number of nitrogens with zero attached hydrogens (tertiary/aromatic N) is 1. The van der Waals surface area contributed by atoms with Crippen molar-refractivity contribution < 1.29 is 4.74 Å². The first kappa shape index (κ1) is 10.4. The van der Waals surface area contributed by atoms with Crippen molar-refractivity contribution in [1.82, 2.24) is 10.2 Å².